The summed E-state index contributed by atoms with van der Waals surface area (Å²) in [4.78, 5) is 40.6. The topological polar surface area (TPSA) is 66.5 Å². The number of anilines is 1. The Bertz CT molecular complexity index is 1150. The predicted molar refractivity (Wildman–Crippen MR) is 118 cm³/mol. The van der Waals surface area contributed by atoms with E-state index in [1.807, 2.05) is 48.5 Å². The van der Waals surface area contributed by atoms with Crippen molar-refractivity contribution in [3.05, 3.63) is 101 Å². The zero-order valence-corrected chi connectivity index (χ0v) is 17.0. The molecule has 5 rings (SSSR count). The van der Waals surface area contributed by atoms with E-state index in [9.17, 15) is 14.4 Å². The van der Waals surface area contributed by atoms with Crippen LogP contribution in [0.25, 0.3) is 0 Å². The number of hydrogen-bond donors (Lipinski definition) is 1. The van der Waals surface area contributed by atoms with Crippen LogP contribution in [0.3, 0.4) is 0 Å². The minimum atomic E-state index is -0.942. The molecule has 3 amide bonds. The number of nitrogens with zero attached hydrogens (tertiary/aromatic N) is 1. The van der Waals surface area contributed by atoms with E-state index in [2.05, 4.69) is 5.32 Å². The van der Waals surface area contributed by atoms with Crippen molar-refractivity contribution in [1.82, 2.24) is 4.90 Å². The van der Waals surface area contributed by atoms with Crippen molar-refractivity contribution >= 4 is 23.4 Å². The van der Waals surface area contributed by atoms with Crippen LogP contribution >= 0.6 is 0 Å². The van der Waals surface area contributed by atoms with Crippen molar-refractivity contribution in [1.29, 1.82) is 0 Å². The molecule has 0 unspecified atom stereocenters. The van der Waals surface area contributed by atoms with Gasteiger partial charge in [-0.25, -0.2) is 0 Å². The van der Waals surface area contributed by atoms with E-state index in [4.69, 9.17) is 0 Å². The lowest BCUT2D eigenvalue weighted by atomic mass is 10.0. The lowest BCUT2D eigenvalue weighted by Gasteiger charge is -2.25. The van der Waals surface area contributed by atoms with E-state index in [0.717, 1.165) is 29.7 Å². The van der Waals surface area contributed by atoms with Crippen molar-refractivity contribution < 1.29 is 14.4 Å². The fourth-order valence-corrected chi connectivity index (χ4v) is 4.50. The summed E-state index contributed by atoms with van der Waals surface area (Å²) in [7, 11) is 0. The number of imide groups is 1. The number of rotatable bonds is 5. The molecule has 0 bridgehead atoms. The summed E-state index contributed by atoms with van der Waals surface area (Å²) in [6, 6.07) is 21.2. The molecular weight excluding hydrogens is 388 g/mol. The second-order valence-corrected chi connectivity index (χ2v) is 8.06. The molecule has 1 atom stereocenters. The van der Waals surface area contributed by atoms with Gasteiger partial charge >= 0.3 is 0 Å². The number of benzene rings is 3. The molecule has 0 spiro atoms. The first-order chi connectivity index (χ1) is 15.1. The molecule has 5 heteroatoms. The van der Waals surface area contributed by atoms with E-state index in [1.54, 1.807) is 24.3 Å². The molecule has 0 fully saturated rings. The van der Waals surface area contributed by atoms with E-state index in [0.29, 0.717) is 16.8 Å². The number of nitrogens with one attached hydrogen (secondary N) is 1. The third-order valence-electron chi connectivity index (χ3n) is 6.08. The second kappa shape index (κ2) is 7.84. The maximum absolute atomic E-state index is 13.4. The average Bonchev–Trinajstić information content (AvgIpc) is 3.36. The Labute approximate surface area is 180 Å². The maximum Gasteiger partial charge on any atom is 0.262 e. The Hall–Kier alpha value is -3.73. The maximum atomic E-state index is 13.4. The van der Waals surface area contributed by atoms with Crippen LogP contribution in [0.4, 0.5) is 5.69 Å². The van der Waals surface area contributed by atoms with E-state index in [-0.39, 0.29) is 12.3 Å². The van der Waals surface area contributed by atoms with Crippen molar-refractivity contribution in [2.45, 2.75) is 31.7 Å². The van der Waals surface area contributed by atoms with Gasteiger partial charge in [0.1, 0.15) is 6.04 Å². The molecule has 1 N–H and O–H groups in total. The molecule has 1 aliphatic heterocycles. The molecule has 1 aliphatic carbocycles. The zero-order chi connectivity index (χ0) is 21.4. The predicted octanol–water partition coefficient (Wildman–Crippen LogP) is 4.02. The summed E-state index contributed by atoms with van der Waals surface area (Å²) in [6.07, 6.45) is 3.45. The molecule has 0 saturated heterocycles. The minimum Gasteiger partial charge on any atom is -0.324 e. The SMILES string of the molecule is O=C(Nc1ccc2c(c1)CCC2)[C@H](Cc1ccccc1)N1C(=O)c2ccccc2C1=O. The molecule has 3 aromatic rings. The standard InChI is InChI=1S/C26H22N2O3/c29-24(27-20-14-13-18-9-6-10-19(18)16-20)23(15-17-7-2-1-3-8-17)28-25(30)21-11-4-5-12-22(21)26(28)31/h1-5,7-8,11-14,16,23H,6,9-10,15H2,(H,27,29)/t23-/m0/s1. The fraction of sp³-hybridized carbons (Fsp3) is 0.192. The van der Waals surface area contributed by atoms with Crippen molar-refractivity contribution in [2.75, 3.05) is 5.32 Å². The highest BCUT2D eigenvalue weighted by molar-refractivity contribution is 6.23. The van der Waals surface area contributed by atoms with Crippen molar-refractivity contribution in [3.63, 3.8) is 0 Å². The smallest absolute Gasteiger partial charge is 0.262 e. The third kappa shape index (κ3) is 3.52. The molecule has 2 aliphatic rings. The largest absolute Gasteiger partial charge is 0.324 e. The summed E-state index contributed by atoms with van der Waals surface area (Å²) < 4.78 is 0. The van der Waals surface area contributed by atoms with Crippen LogP contribution in [-0.2, 0) is 24.1 Å². The zero-order valence-electron chi connectivity index (χ0n) is 17.0. The number of amides is 3. The molecule has 31 heavy (non-hydrogen) atoms. The van der Waals surface area contributed by atoms with Gasteiger partial charge in [-0.05, 0) is 60.2 Å². The highest BCUT2D eigenvalue weighted by atomic mass is 16.2. The van der Waals surface area contributed by atoms with Gasteiger partial charge in [0.25, 0.3) is 11.8 Å². The Kier molecular flexibility index (Phi) is 4.86. The first-order valence-corrected chi connectivity index (χ1v) is 10.6. The summed E-state index contributed by atoms with van der Waals surface area (Å²) in [5.41, 5.74) is 4.83. The Morgan fingerprint density at radius 2 is 1.48 bits per heavy atom. The highest BCUT2D eigenvalue weighted by Crippen LogP contribution is 2.28. The molecule has 3 aromatic carbocycles. The number of hydrogen-bond acceptors (Lipinski definition) is 3. The van der Waals surface area contributed by atoms with Crippen molar-refractivity contribution in [2.24, 2.45) is 0 Å². The van der Waals surface area contributed by atoms with Gasteiger partial charge in [-0.3, -0.25) is 19.3 Å². The summed E-state index contributed by atoms with van der Waals surface area (Å²) in [5, 5.41) is 2.95. The summed E-state index contributed by atoms with van der Waals surface area (Å²) >= 11 is 0. The van der Waals surface area contributed by atoms with E-state index < -0.39 is 17.9 Å². The third-order valence-corrected chi connectivity index (χ3v) is 6.08. The van der Waals surface area contributed by atoms with Gasteiger partial charge in [0, 0.05) is 12.1 Å². The first kappa shape index (κ1) is 19.2. The normalized spacial score (nSPS) is 15.5. The number of fused-ring (bicyclic) bond motifs is 2. The molecule has 0 radical (unpaired) electrons. The Balaban J connectivity index is 1.47. The van der Waals surface area contributed by atoms with Gasteiger partial charge in [-0.15, -0.1) is 0 Å². The number of carbonyl (C=O) groups excluding carboxylic acids is 3. The minimum absolute atomic E-state index is 0.253. The van der Waals surface area contributed by atoms with Crippen LogP contribution in [0.5, 0.6) is 0 Å². The number of carbonyl (C=O) groups is 3. The van der Waals surface area contributed by atoms with Crippen LogP contribution in [-0.4, -0.2) is 28.7 Å². The molecule has 5 nitrogen and oxygen atoms in total. The van der Waals surface area contributed by atoms with Crippen molar-refractivity contribution in [3.8, 4) is 0 Å². The molecule has 0 aromatic heterocycles. The monoisotopic (exact) mass is 410 g/mol. The molecular formula is C26H22N2O3. The average molecular weight is 410 g/mol. The quantitative estimate of drug-likeness (QED) is 0.646. The summed E-state index contributed by atoms with van der Waals surface area (Å²) in [5.74, 6) is -1.22. The van der Waals surface area contributed by atoms with Gasteiger partial charge in [0.15, 0.2) is 0 Å². The lowest BCUT2D eigenvalue weighted by molar-refractivity contribution is -0.119. The highest BCUT2D eigenvalue weighted by Gasteiger charge is 2.42. The second-order valence-electron chi connectivity index (χ2n) is 8.06. The van der Waals surface area contributed by atoms with Crippen LogP contribution < -0.4 is 5.32 Å². The Morgan fingerprint density at radius 3 is 2.19 bits per heavy atom. The molecule has 154 valence electrons. The van der Waals surface area contributed by atoms with Gasteiger partial charge < -0.3 is 5.32 Å². The molecule has 0 saturated carbocycles. The van der Waals surface area contributed by atoms with Gasteiger partial charge in [-0.2, -0.15) is 0 Å². The van der Waals surface area contributed by atoms with Crippen LogP contribution in [0.2, 0.25) is 0 Å². The van der Waals surface area contributed by atoms with Crippen LogP contribution in [0.15, 0.2) is 72.8 Å². The van der Waals surface area contributed by atoms with E-state index >= 15 is 0 Å². The van der Waals surface area contributed by atoms with Gasteiger partial charge in [0.2, 0.25) is 5.91 Å². The first-order valence-electron chi connectivity index (χ1n) is 10.6. The van der Waals surface area contributed by atoms with Gasteiger partial charge in [0.05, 0.1) is 11.1 Å². The van der Waals surface area contributed by atoms with Crippen LogP contribution in [0.1, 0.15) is 43.8 Å². The molecule has 1 heterocycles. The number of aryl methyl sites for hydroxylation is 2. The summed E-state index contributed by atoms with van der Waals surface area (Å²) in [6.45, 7) is 0. The Morgan fingerprint density at radius 1 is 0.839 bits per heavy atom. The fourth-order valence-electron chi connectivity index (χ4n) is 4.50. The lowest BCUT2D eigenvalue weighted by Crippen LogP contribution is -2.48. The van der Waals surface area contributed by atoms with E-state index in [1.165, 1.54) is 11.1 Å². The van der Waals surface area contributed by atoms with Crippen LogP contribution in [0, 0.1) is 0 Å². The van der Waals surface area contributed by atoms with Gasteiger partial charge in [-0.1, -0.05) is 48.5 Å².